The molecule has 0 saturated carbocycles. The van der Waals surface area contributed by atoms with E-state index in [1.807, 2.05) is 46.9 Å². The van der Waals surface area contributed by atoms with Crippen LogP contribution < -0.4 is 5.73 Å². The highest BCUT2D eigenvalue weighted by Gasteiger charge is 2.01. The number of aromatic nitrogens is 2. The van der Waals surface area contributed by atoms with E-state index in [1.54, 1.807) is 0 Å². The lowest BCUT2D eigenvalue weighted by Gasteiger charge is -2.00. The summed E-state index contributed by atoms with van der Waals surface area (Å²) in [6.07, 6.45) is 7.28. The zero-order valence-corrected chi connectivity index (χ0v) is 10.8. The van der Waals surface area contributed by atoms with Crippen LogP contribution in [0.5, 0.6) is 0 Å². The summed E-state index contributed by atoms with van der Waals surface area (Å²) in [4.78, 5) is 0. The quantitative estimate of drug-likeness (QED) is 0.652. The zero-order chi connectivity index (χ0) is 12.1. The van der Waals surface area contributed by atoms with Gasteiger partial charge in [-0.3, -0.25) is 4.68 Å². The number of hydrogen-bond acceptors (Lipinski definition) is 3. The van der Waals surface area contributed by atoms with Crippen molar-refractivity contribution in [3.05, 3.63) is 36.7 Å². The number of aryl methyl sites for hydroxylation is 1. The van der Waals surface area contributed by atoms with Crippen molar-refractivity contribution in [3.63, 3.8) is 0 Å². The third-order valence-corrected chi connectivity index (χ3v) is 3.31. The fourth-order valence-corrected chi connectivity index (χ4v) is 2.10. The van der Waals surface area contributed by atoms with Crippen LogP contribution in [0, 0.1) is 0 Å². The van der Waals surface area contributed by atoms with Gasteiger partial charge in [0, 0.05) is 24.0 Å². The van der Waals surface area contributed by atoms with E-state index in [-0.39, 0.29) is 0 Å². The molecule has 0 bridgehead atoms. The van der Waals surface area contributed by atoms with Gasteiger partial charge in [0.25, 0.3) is 0 Å². The average molecular weight is 247 g/mol. The molecular weight excluding hydrogens is 230 g/mol. The topological polar surface area (TPSA) is 43.8 Å². The molecule has 0 amide bonds. The highest BCUT2D eigenvalue weighted by atomic mass is 32.2. The maximum Gasteiger partial charge on any atom is 0.0568 e. The van der Waals surface area contributed by atoms with Crippen LogP contribution in [-0.4, -0.2) is 21.8 Å². The van der Waals surface area contributed by atoms with Crippen molar-refractivity contribution in [2.24, 2.45) is 0 Å². The number of hydrogen-bond donors (Lipinski definition) is 1. The van der Waals surface area contributed by atoms with Crippen LogP contribution >= 0.6 is 11.8 Å². The molecule has 0 aliphatic rings. The van der Waals surface area contributed by atoms with Crippen molar-refractivity contribution in [1.82, 2.24) is 9.78 Å². The molecule has 1 aromatic heterocycles. The van der Waals surface area contributed by atoms with Gasteiger partial charge in [-0.1, -0.05) is 12.1 Å². The molecule has 90 valence electrons. The predicted octanol–water partition coefficient (Wildman–Crippen LogP) is 2.89. The molecule has 0 spiro atoms. The molecule has 17 heavy (non-hydrogen) atoms. The van der Waals surface area contributed by atoms with E-state index in [0.29, 0.717) is 0 Å². The molecule has 4 heteroatoms. The van der Waals surface area contributed by atoms with Crippen LogP contribution in [0.1, 0.15) is 6.42 Å². The van der Waals surface area contributed by atoms with Gasteiger partial charge in [-0.2, -0.15) is 16.9 Å². The molecule has 3 nitrogen and oxygen atoms in total. The Kier molecular flexibility index (Phi) is 4.09. The maximum atomic E-state index is 5.67. The van der Waals surface area contributed by atoms with E-state index in [0.717, 1.165) is 29.8 Å². The number of benzene rings is 1. The Balaban J connectivity index is 2.04. The van der Waals surface area contributed by atoms with Gasteiger partial charge in [-0.05, 0) is 36.1 Å². The zero-order valence-electron chi connectivity index (χ0n) is 9.97. The van der Waals surface area contributed by atoms with Gasteiger partial charge in [0.1, 0.15) is 0 Å². The van der Waals surface area contributed by atoms with Gasteiger partial charge in [-0.25, -0.2) is 0 Å². The SMILES string of the molecule is CSCCCn1cc(-c2ccc(N)cc2)cn1. The highest BCUT2D eigenvalue weighted by Crippen LogP contribution is 2.19. The summed E-state index contributed by atoms with van der Waals surface area (Å²) in [6, 6.07) is 7.89. The third kappa shape index (κ3) is 3.27. The van der Waals surface area contributed by atoms with Gasteiger partial charge in [0.2, 0.25) is 0 Å². The van der Waals surface area contributed by atoms with E-state index >= 15 is 0 Å². The molecule has 0 fully saturated rings. The molecule has 2 N–H and O–H groups in total. The first kappa shape index (κ1) is 12.0. The Labute approximate surface area is 106 Å². The van der Waals surface area contributed by atoms with Crippen LogP contribution in [0.25, 0.3) is 11.1 Å². The smallest absolute Gasteiger partial charge is 0.0568 e. The van der Waals surface area contributed by atoms with Gasteiger partial charge in [0.15, 0.2) is 0 Å². The second-order valence-electron chi connectivity index (χ2n) is 3.96. The second kappa shape index (κ2) is 5.77. The fourth-order valence-electron chi connectivity index (χ4n) is 1.68. The largest absolute Gasteiger partial charge is 0.399 e. The normalized spacial score (nSPS) is 10.6. The van der Waals surface area contributed by atoms with Gasteiger partial charge >= 0.3 is 0 Å². The second-order valence-corrected chi connectivity index (χ2v) is 4.95. The molecule has 0 aliphatic carbocycles. The number of rotatable bonds is 5. The van der Waals surface area contributed by atoms with Crippen LogP contribution in [0.2, 0.25) is 0 Å². The van der Waals surface area contributed by atoms with Gasteiger partial charge in [0.05, 0.1) is 6.20 Å². The summed E-state index contributed by atoms with van der Waals surface area (Å²) in [5, 5.41) is 4.36. The lowest BCUT2D eigenvalue weighted by Crippen LogP contribution is -1.98. The van der Waals surface area contributed by atoms with Crippen molar-refractivity contribution in [3.8, 4) is 11.1 Å². The van der Waals surface area contributed by atoms with Crippen molar-refractivity contribution < 1.29 is 0 Å². The standard InChI is InChI=1S/C13H17N3S/c1-17-8-2-7-16-10-12(9-15-16)11-3-5-13(14)6-4-11/h3-6,9-10H,2,7-8,14H2,1H3. The predicted molar refractivity (Wildman–Crippen MR) is 75.1 cm³/mol. The third-order valence-electron chi connectivity index (χ3n) is 2.61. The summed E-state index contributed by atoms with van der Waals surface area (Å²) < 4.78 is 2.00. The molecule has 2 aromatic rings. The van der Waals surface area contributed by atoms with Crippen LogP contribution in [-0.2, 0) is 6.54 Å². The Morgan fingerprint density at radius 3 is 2.71 bits per heavy atom. The van der Waals surface area contributed by atoms with Crippen LogP contribution in [0.15, 0.2) is 36.7 Å². The first-order valence-corrected chi connectivity index (χ1v) is 7.06. The minimum Gasteiger partial charge on any atom is -0.399 e. The van der Waals surface area contributed by atoms with E-state index in [1.165, 1.54) is 5.75 Å². The average Bonchev–Trinajstić information content (AvgIpc) is 2.79. The summed E-state index contributed by atoms with van der Waals surface area (Å²) in [7, 11) is 0. The molecule has 0 unspecified atom stereocenters. The minimum absolute atomic E-state index is 0.793. The van der Waals surface area contributed by atoms with E-state index < -0.39 is 0 Å². The molecule has 0 saturated heterocycles. The number of nitrogens with zero attached hydrogens (tertiary/aromatic N) is 2. The fraction of sp³-hybridized carbons (Fsp3) is 0.308. The first-order chi connectivity index (χ1) is 8.29. The molecule has 1 heterocycles. The molecular formula is C13H17N3S. The molecule has 0 atom stereocenters. The minimum atomic E-state index is 0.793. The van der Waals surface area contributed by atoms with E-state index in [9.17, 15) is 0 Å². The Hall–Kier alpha value is -1.42. The lowest BCUT2D eigenvalue weighted by atomic mass is 10.1. The van der Waals surface area contributed by atoms with Crippen molar-refractivity contribution in [2.45, 2.75) is 13.0 Å². The Morgan fingerprint density at radius 2 is 2.00 bits per heavy atom. The van der Waals surface area contributed by atoms with E-state index in [4.69, 9.17) is 5.73 Å². The summed E-state index contributed by atoms with van der Waals surface area (Å²) in [5.41, 5.74) is 8.77. The van der Waals surface area contributed by atoms with Crippen LogP contribution in [0.4, 0.5) is 5.69 Å². The Bertz CT molecular complexity index is 462. The van der Waals surface area contributed by atoms with Gasteiger partial charge in [-0.15, -0.1) is 0 Å². The number of anilines is 1. The summed E-state index contributed by atoms with van der Waals surface area (Å²) in [5.74, 6) is 1.18. The molecule has 0 radical (unpaired) electrons. The number of nitrogens with two attached hydrogens (primary N) is 1. The maximum absolute atomic E-state index is 5.67. The number of thioether (sulfide) groups is 1. The van der Waals surface area contributed by atoms with Crippen molar-refractivity contribution in [1.29, 1.82) is 0 Å². The summed E-state index contributed by atoms with van der Waals surface area (Å²) >= 11 is 1.87. The highest BCUT2D eigenvalue weighted by molar-refractivity contribution is 7.98. The molecule has 0 aliphatic heterocycles. The van der Waals surface area contributed by atoms with Gasteiger partial charge < -0.3 is 5.73 Å². The Morgan fingerprint density at radius 1 is 1.24 bits per heavy atom. The first-order valence-electron chi connectivity index (χ1n) is 5.67. The lowest BCUT2D eigenvalue weighted by molar-refractivity contribution is 0.606. The molecule has 2 rings (SSSR count). The summed E-state index contributed by atoms with van der Waals surface area (Å²) in [6.45, 7) is 0.982. The van der Waals surface area contributed by atoms with Crippen molar-refractivity contribution in [2.75, 3.05) is 17.7 Å². The monoisotopic (exact) mass is 247 g/mol. The van der Waals surface area contributed by atoms with Crippen LogP contribution in [0.3, 0.4) is 0 Å². The van der Waals surface area contributed by atoms with Crippen molar-refractivity contribution >= 4 is 17.4 Å². The molecule has 1 aromatic carbocycles. The van der Waals surface area contributed by atoms with E-state index in [2.05, 4.69) is 17.6 Å². The number of nitrogen functional groups attached to an aromatic ring is 1.